The van der Waals surface area contributed by atoms with Crippen LogP contribution in [0, 0.1) is 0 Å². The van der Waals surface area contributed by atoms with Crippen molar-refractivity contribution < 1.29 is 15.0 Å². The number of rotatable bonds is 3. The molecule has 0 heterocycles. The Labute approximate surface area is 58.3 Å². The summed E-state index contributed by atoms with van der Waals surface area (Å²) in [4.78, 5) is 10.1. The van der Waals surface area contributed by atoms with Crippen LogP contribution in [0.3, 0.4) is 0 Å². The van der Waals surface area contributed by atoms with Gasteiger partial charge >= 0.3 is 5.97 Å². The molecule has 0 bridgehead atoms. The van der Waals surface area contributed by atoms with E-state index in [9.17, 15) is 4.79 Å². The zero-order valence-corrected chi connectivity index (χ0v) is 5.81. The van der Waals surface area contributed by atoms with E-state index in [0.29, 0.717) is 0 Å². The molecule has 1 atom stereocenters. The van der Waals surface area contributed by atoms with Gasteiger partial charge in [-0.25, -0.2) is 0 Å². The van der Waals surface area contributed by atoms with Crippen LogP contribution in [0.25, 0.3) is 0 Å². The Hall–Kier alpha value is -0.480. The molecule has 0 aromatic carbocycles. The molecule has 3 nitrogen and oxygen atoms in total. The number of carboxylic acids is 1. The number of aliphatic carboxylic acids is 1. The van der Waals surface area contributed by atoms with E-state index >= 15 is 0 Å². The monoisotopic (exact) mass is 148 g/mol. The first-order chi connectivity index (χ1) is 4.04. The van der Waals surface area contributed by atoms with Crippen molar-refractivity contribution in [2.45, 2.75) is 19.4 Å². The molecule has 0 fully saturated rings. The van der Waals surface area contributed by atoms with Gasteiger partial charge in [-0.15, -0.1) is 0 Å². The summed E-state index contributed by atoms with van der Waals surface area (Å²) in [5.74, 6) is -0.999. The zero-order valence-electron chi connectivity index (χ0n) is 5.00. The summed E-state index contributed by atoms with van der Waals surface area (Å²) in [5.41, 5.74) is 0. The third-order valence-electron chi connectivity index (χ3n) is 0.791. The molecule has 0 aromatic heterocycles. The lowest BCUT2D eigenvalue weighted by molar-refractivity contribution is -0.135. The molecule has 52 valence electrons. The summed E-state index contributed by atoms with van der Waals surface area (Å²) in [5, 5.41) is 16.8. The number of hydrogen-bond donors (Lipinski definition) is 2. The largest absolute Gasteiger partial charge is 0.481 e. The van der Waals surface area contributed by atoms with Gasteiger partial charge < -0.3 is 10.2 Å². The van der Waals surface area contributed by atoms with Gasteiger partial charge in [0.1, 0.15) is 0 Å². The molecule has 0 saturated heterocycles. The molecule has 0 radical (unpaired) electrons. The molecule has 0 aliphatic carbocycles. The fourth-order valence-electron chi connectivity index (χ4n) is 0.297. The Balaban J connectivity index is 3.64. The van der Waals surface area contributed by atoms with E-state index in [2.05, 4.69) is 12.2 Å². The number of carbonyl (C=O) groups is 1. The Bertz CT molecular complexity index is 130. The van der Waals surface area contributed by atoms with Gasteiger partial charge in [-0.05, 0) is 6.92 Å². The smallest absolute Gasteiger partial charge is 0.308 e. The maximum absolute atomic E-state index is 9.92. The second kappa shape index (κ2) is 3.53. The van der Waals surface area contributed by atoms with Crippen molar-refractivity contribution in [3.8, 4) is 0 Å². The van der Waals surface area contributed by atoms with E-state index in [1.54, 1.807) is 0 Å². The molecule has 4 heteroatoms. The minimum atomic E-state index is -0.999. The van der Waals surface area contributed by atoms with Crippen LogP contribution in [0.4, 0.5) is 0 Å². The predicted octanol–water partition coefficient (Wildman–Crippen LogP) is 0.212. The first-order valence-corrected chi connectivity index (χ1v) is 2.87. The Morgan fingerprint density at radius 3 is 2.33 bits per heavy atom. The Morgan fingerprint density at radius 2 is 2.22 bits per heavy atom. The highest BCUT2D eigenvalue weighted by Gasteiger charge is 2.07. The lowest BCUT2D eigenvalue weighted by Crippen LogP contribution is -2.17. The quantitative estimate of drug-likeness (QED) is 0.562. The average Bonchev–Trinajstić information content (AvgIpc) is 1.63. The van der Waals surface area contributed by atoms with Crippen molar-refractivity contribution in [2.75, 3.05) is 0 Å². The van der Waals surface area contributed by atoms with Gasteiger partial charge in [0.15, 0.2) is 0 Å². The highest BCUT2D eigenvalue weighted by molar-refractivity contribution is 7.80. The van der Waals surface area contributed by atoms with Crippen LogP contribution in [0.15, 0.2) is 0 Å². The highest BCUT2D eigenvalue weighted by atomic mass is 32.1. The van der Waals surface area contributed by atoms with E-state index in [0.717, 1.165) is 0 Å². The summed E-state index contributed by atoms with van der Waals surface area (Å²) in [6.07, 6.45) is -1.02. The molecule has 0 amide bonds. The standard InChI is InChI=1S/C5H8O3S/c1-3(6)4(9)2-5(7)8/h3,6H,2H2,1H3,(H,7,8). The maximum Gasteiger partial charge on any atom is 0.308 e. The predicted molar refractivity (Wildman–Crippen MR) is 36.5 cm³/mol. The van der Waals surface area contributed by atoms with Crippen molar-refractivity contribution in [3.63, 3.8) is 0 Å². The fourth-order valence-corrected chi connectivity index (χ4v) is 0.420. The molecule has 2 N–H and O–H groups in total. The summed E-state index contributed by atoms with van der Waals surface area (Å²) in [6.45, 7) is 1.45. The number of aliphatic hydroxyl groups is 1. The van der Waals surface area contributed by atoms with Crippen LogP contribution in [0.1, 0.15) is 13.3 Å². The van der Waals surface area contributed by atoms with E-state index in [-0.39, 0.29) is 11.3 Å². The SMILES string of the molecule is CC(O)C(=S)CC(=O)O. The van der Waals surface area contributed by atoms with E-state index in [4.69, 9.17) is 10.2 Å². The van der Waals surface area contributed by atoms with Crippen LogP contribution >= 0.6 is 12.2 Å². The molecule has 0 rings (SSSR count). The minimum absolute atomic E-state index is 0.169. The molecular formula is C5H8O3S. The second-order valence-electron chi connectivity index (χ2n) is 1.71. The Morgan fingerprint density at radius 1 is 1.78 bits per heavy atom. The number of hydrogen-bond acceptors (Lipinski definition) is 3. The summed E-state index contributed by atoms with van der Waals surface area (Å²) >= 11 is 4.52. The fraction of sp³-hybridized carbons (Fsp3) is 0.600. The van der Waals surface area contributed by atoms with Crippen molar-refractivity contribution in [1.29, 1.82) is 0 Å². The van der Waals surface area contributed by atoms with Gasteiger partial charge in [0, 0.05) is 4.86 Å². The van der Waals surface area contributed by atoms with E-state index in [1.807, 2.05) is 0 Å². The summed E-state index contributed by atoms with van der Waals surface area (Å²) in [6, 6.07) is 0. The lowest BCUT2D eigenvalue weighted by Gasteiger charge is -2.00. The molecule has 0 saturated carbocycles. The van der Waals surface area contributed by atoms with Gasteiger partial charge in [0.25, 0.3) is 0 Å². The van der Waals surface area contributed by atoms with E-state index < -0.39 is 12.1 Å². The third-order valence-corrected chi connectivity index (χ3v) is 1.28. The van der Waals surface area contributed by atoms with Crippen LogP contribution in [0.2, 0.25) is 0 Å². The highest BCUT2D eigenvalue weighted by Crippen LogP contribution is 1.92. The molecule has 0 aliphatic rings. The molecule has 0 spiro atoms. The van der Waals surface area contributed by atoms with Gasteiger partial charge in [0.05, 0.1) is 12.5 Å². The van der Waals surface area contributed by atoms with Crippen LogP contribution < -0.4 is 0 Å². The lowest BCUT2D eigenvalue weighted by atomic mass is 10.2. The zero-order chi connectivity index (χ0) is 7.44. The van der Waals surface area contributed by atoms with Gasteiger partial charge in [-0.3, -0.25) is 4.79 Å². The molecule has 0 aromatic rings. The maximum atomic E-state index is 9.92. The van der Waals surface area contributed by atoms with Crippen LogP contribution in [-0.2, 0) is 4.79 Å². The van der Waals surface area contributed by atoms with Crippen LogP contribution in [0.5, 0.6) is 0 Å². The molecule has 9 heavy (non-hydrogen) atoms. The number of aliphatic hydroxyl groups excluding tert-OH is 1. The van der Waals surface area contributed by atoms with Gasteiger partial charge in [-0.1, -0.05) is 12.2 Å². The van der Waals surface area contributed by atoms with Gasteiger partial charge in [0.2, 0.25) is 0 Å². The van der Waals surface area contributed by atoms with Crippen molar-refractivity contribution in [1.82, 2.24) is 0 Å². The van der Waals surface area contributed by atoms with Crippen molar-refractivity contribution >= 4 is 23.1 Å². The van der Waals surface area contributed by atoms with Gasteiger partial charge in [-0.2, -0.15) is 0 Å². The third kappa shape index (κ3) is 4.05. The van der Waals surface area contributed by atoms with Crippen molar-refractivity contribution in [3.05, 3.63) is 0 Å². The Kier molecular flexibility index (Phi) is 3.34. The number of thiocarbonyl (C=S) groups is 1. The van der Waals surface area contributed by atoms with Crippen LogP contribution in [-0.4, -0.2) is 27.2 Å². The van der Waals surface area contributed by atoms with Crippen molar-refractivity contribution in [2.24, 2.45) is 0 Å². The minimum Gasteiger partial charge on any atom is -0.481 e. The number of carboxylic acid groups (broad SMARTS) is 1. The second-order valence-corrected chi connectivity index (χ2v) is 2.24. The molecule has 1 unspecified atom stereocenters. The first kappa shape index (κ1) is 8.52. The molecule has 0 aliphatic heterocycles. The summed E-state index contributed by atoms with van der Waals surface area (Å²) < 4.78 is 0. The normalized spacial score (nSPS) is 12.7. The first-order valence-electron chi connectivity index (χ1n) is 2.46. The molecular weight excluding hydrogens is 140 g/mol. The summed E-state index contributed by atoms with van der Waals surface area (Å²) in [7, 11) is 0. The topological polar surface area (TPSA) is 57.5 Å². The van der Waals surface area contributed by atoms with E-state index in [1.165, 1.54) is 6.92 Å². The average molecular weight is 148 g/mol.